The molecule has 1 aliphatic carbocycles. The fourth-order valence-electron chi connectivity index (χ4n) is 2.51. The summed E-state index contributed by atoms with van der Waals surface area (Å²) in [5.41, 5.74) is -0.0295. The maximum atomic E-state index is 13.0. The Hall–Kier alpha value is -1.52. The molecule has 1 aliphatic rings. The standard InChI is InChI=1S/C14H16F3NO/c1-14(2)4-3-9(7-14)18-13(19)8-5-10(15)12(17)11(16)6-8/h5-6,9H,3-4,7H2,1-2H3,(H,18,19). The molecule has 0 saturated heterocycles. The van der Waals surface area contributed by atoms with E-state index in [0.29, 0.717) is 12.1 Å². The fraction of sp³-hybridized carbons (Fsp3) is 0.500. The van der Waals surface area contributed by atoms with Crippen molar-refractivity contribution in [1.82, 2.24) is 5.32 Å². The lowest BCUT2D eigenvalue weighted by Crippen LogP contribution is -2.33. The molecule has 1 fully saturated rings. The predicted molar refractivity (Wildman–Crippen MR) is 65.2 cm³/mol. The van der Waals surface area contributed by atoms with E-state index in [2.05, 4.69) is 19.2 Å². The summed E-state index contributed by atoms with van der Waals surface area (Å²) < 4.78 is 38.9. The van der Waals surface area contributed by atoms with Crippen LogP contribution in [0.25, 0.3) is 0 Å². The second-order valence-corrected chi connectivity index (χ2v) is 5.83. The lowest BCUT2D eigenvalue weighted by Gasteiger charge is -2.18. The van der Waals surface area contributed by atoms with E-state index in [9.17, 15) is 18.0 Å². The smallest absolute Gasteiger partial charge is 0.251 e. The van der Waals surface area contributed by atoms with Crippen LogP contribution in [-0.2, 0) is 0 Å². The van der Waals surface area contributed by atoms with Crippen LogP contribution in [-0.4, -0.2) is 11.9 Å². The van der Waals surface area contributed by atoms with Gasteiger partial charge in [0, 0.05) is 11.6 Å². The molecule has 0 aliphatic heterocycles. The molecule has 1 aromatic carbocycles. The molecule has 1 amide bonds. The van der Waals surface area contributed by atoms with Crippen LogP contribution in [0.5, 0.6) is 0 Å². The largest absolute Gasteiger partial charge is 0.349 e. The molecule has 0 heterocycles. The molecular formula is C14H16F3NO. The van der Waals surface area contributed by atoms with Crippen molar-refractivity contribution < 1.29 is 18.0 Å². The first-order chi connectivity index (χ1) is 8.78. The van der Waals surface area contributed by atoms with Gasteiger partial charge in [0.05, 0.1) is 0 Å². The van der Waals surface area contributed by atoms with E-state index in [1.807, 2.05) is 0 Å². The number of hydrogen-bond donors (Lipinski definition) is 1. The molecule has 5 heteroatoms. The third-order valence-electron chi connectivity index (χ3n) is 3.55. The van der Waals surface area contributed by atoms with E-state index >= 15 is 0 Å². The average Bonchev–Trinajstić information content (AvgIpc) is 2.64. The second-order valence-electron chi connectivity index (χ2n) is 5.83. The minimum Gasteiger partial charge on any atom is -0.349 e. The molecule has 1 atom stereocenters. The summed E-state index contributed by atoms with van der Waals surface area (Å²) in [6, 6.07) is 1.43. The molecule has 1 aromatic rings. The van der Waals surface area contributed by atoms with Gasteiger partial charge in [-0.2, -0.15) is 0 Å². The van der Waals surface area contributed by atoms with Gasteiger partial charge in [-0.15, -0.1) is 0 Å². The Morgan fingerprint density at radius 3 is 2.32 bits per heavy atom. The minimum atomic E-state index is -1.56. The van der Waals surface area contributed by atoms with Gasteiger partial charge in [-0.25, -0.2) is 13.2 Å². The van der Waals surface area contributed by atoms with Crippen LogP contribution in [0, 0.1) is 22.9 Å². The quantitative estimate of drug-likeness (QED) is 0.820. The normalized spacial score (nSPS) is 21.4. The first-order valence-corrected chi connectivity index (χ1v) is 6.24. The van der Waals surface area contributed by atoms with Crippen molar-refractivity contribution in [3.05, 3.63) is 35.1 Å². The SMILES string of the molecule is CC1(C)CCC(NC(=O)c2cc(F)c(F)c(F)c2)C1. The van der Waals surface area contributed by atoms with Crippen molar-refractivity contribution in [2.75, 3.05) is 0 Å². The highest BCUT2D eigenvalue weighted by Crippen LogP contribution is 2.37. The average molecular weight is 271 g/mol. The van der Waals surface area contributed by atoms with Gasteiger partial charge in [-0.3, -0.25) is 4.79 Å². The van der Waals surface area contributed by atoms with Crippen molar-refractivity contribution >= 4 is 5.91 Å². The Balaban J connectivity index is 2.09. The number of carbonyl (C=O) groups is 1. The predicted octanol–water partition coefficient (Wildman–Crippen LogP) is 3.41. The first-order valence-electron chi connectivity index (χ1n) is 6.24. The van der Waals surface area contributed by atoms with Crippen molar-refractivity contribution in [2.45, 2.75) is 39.2 Å². The van der Waals surface area contributed by atoms with Crippen molar-refractivity contribution in [3.63, 3.8) is 0 Å². The Bertz CT molecular complexity index is 490. The summed E-state index contributed by atoms with van der Waals surface area (Å²) in [5.74, 6) is -4.83. The summed E-state index contributed by atoms with van der Waals surface area (Å²) in [6.07, 6.45) is 2.65. The molecule has 0 aromatic heterocycles. The molecule has 19 heavy (non-hydrogen) atoms. The van der Waals surface area contributed by atoms with Gasteiger partial charge in [0.25, 0.3) is 5.91 Å². The van der Waals surface area contributed by atoms with Gasteiger partial charge in [0.1, 0.15) is 0 Å². The Kier molecular flexibility index (Phi) is 3.56. The first kappa shape index (κ1) is 13.9. The zero-order chi connectivity index (χ0) is 14.2. The van der Waals surface area contributed by atoms with Crippen LogP contribution in [0.1, 0.15) is 43.5 Å². The summed E-state index contributed by atoms with van der Waals surface area (Å²) in [6.45, 7) is 4.22. The van der Waals surface area contributed by atoms with Gasteiger partial charge in [-0.1, -0.05) is 13.8 Å². The molecule has 1 N–H and O–H groups in total. The van der Waals surface area contributed by atoms with E-state index < -0.39 is 23.4 Å². The zero-order valence-corrected chi connectivity index (χ0v) is 10.9. The molecule has 0 radical (unpaired) electrons. The Labute approximate surface area is 110 Å². The number of amides is 1. The number of rotatable bonds is 2. The Morgan fingerprint density at radius 2 is 1.84 bits per heavy atom. The molecule has 0 spiro atoms. The topological polar surface area (TPSA) is 29.1 Å². The van der Waals surface area contributed by atoms with Crippen LogP contribution in [0.3, 0.4) is 0 Å². The number of benzene rings is 1. The summed E-state index contributed by atoms with van der Waals surface area (Å²) in [7, 11) is 0. The van der Waals surface area contributed by atoms with Crippen LogP contribution in [0.2, 0.25) is 0 Å². The third-order valence-corrected chi connectivity index (χ3v) is 3.55. The van der Waals surface area contributed by atoms with E-state index in [4.69, 9.17) is 0 Å². The second kappa shape index (κ2) is 4.87. The molecule has 2 rings (SSSR count). The van der Waals surface area contributed by atoms with Gasteiger partial charge in [-0.05, 0) is 36.8 Å². The van der Waals surface area contributed by atoms with E-state index in [-0.39, 0.29) is 17.0 Å². The lowest BCUT2D eigenvalue weighted by atomic mass is 9.92. The van der Waals surface area contributed by atoms with Crippen molar-refractivity contribution in [1.29, 1.82) is 0 Å². The maximum absolute atomic E-state index is 13.0. The van der Waals surface area contributed by atoms with Crippen LogP contribution < -0.4 is 5.32 Å². The molecule has 104 valence electrons. The number of nitrogens with one attached hydrogen (secondary N) is 1. The van der Waals surface area contributed by atoms with Gasteiger partial charge in [0.15, 0.2) is 17.5 Å². The number of hydrogen-bond acceptors (Lipinski definition) is 1. The molecule has 1 unspecified atom stereocenters. The number of carbonyl (C=O) groups excluding carboxylic acids is 1. The maximum Gasteiger partial charge on any atom is 0.251 e. The molecule has 0 bridgehead atoms. The highest BCUT2D eigenvalue weighted by atomic mass is 19.2. The van der Waals surface area contributed by atoms with Crippen LogP contribution in [0.4, 0.5) is 13.2 Å². The van der Waals surface area contributed by atoms with Crippen LogP contribution in [0.15, 0.2) is 12.1 Å². The van der Waals surface area contributed by atoms with Gasteiger partial charge in [0.2, 0.25) is 0 Å². The monoisotopic (exact) mass is 271 g/mol. The number of halogens is 3. The highest BCUT2D eigenvalue weighted by molar-refractivity contribution is 5.94. The van der Waals surface area contributed by atoms with Gasteiger partial charge < -0.3 is 5.32 Å². The van der Waals surface area contributed by atoms with Crippen molar-refractivity contribution in [2.24, 2.45) is 5.41 Å². The van der Waals surface area contributed by atoms with Crippen LogP contribution >= 0.6 is 0 Å². The van der Waals surface area contributed by atoms with E-state index in [1.54, 1.807) is 0 Å². The molecule has 1 saturated carbocycles. The summed E-state index contributed by atoms with van der Waals surface area (Å²) >= 11 is 0. The molecule has 2 nitrogen and oxygen atoms in total. The fourth-order valence-corrected chi connectivity index (χ4v) is 2.51. The van der Waals surface area contributed by atoms with E-state index in [0.717, 1.165) is 19.3 Å². The Morgan fingerprint density at radius 1 is 1.26 bits per heavy atom. The van der Waals surface area contributed by atoms with Crippen molar-refractivity contribution in [3.8, 4) is 0 Å². The van der Waals surface area contributed by atoms with E-state index in [1.165, 1.54) is 0 Å². The van der Waals surface area contributed by atoms with Gasteiger partial charge >= 0.3 is 0 Å². The lowest BCUT2D eigenvalue weighted by molar-refractivity contribution is 0.0935. The summed E-state index contributed by atoms with van der Waals surface area (Å²) in [5, 5.41) is 2.73. The third kappa shape index (κ3) is 3.08. The molecular weight excluding hydrogens is 255 g/mol. The summed E-state index contributed by atoms with van der Waals surface area (Å²) in [4.78, 5) is 11.9. The highest BCUT2D eigenvalue weighted by Gasteiger charge is 2.32. The zero-order valence-electron chi connectivity index (χ0n) is 10.9. The minimum absolute atomic E-state index is 0.00123.